The van der Waals surface area contributed by atoms with E-state index in [4.69, 9.17) is 4.74 Å². The molecule has 0 aliphatic rings. The van der Waals surface area contributed by atoms with Gasteiger partial charge in [0.2, 0.25) is 0 Å². The molecule has 0 aliphatic carbocycles. The zero-order valence-corrected chi connectivity index (χ0v) is 19.4. The lowest BCUT2D eigenvalue weighted by molar-refractivity contribution is -0.112. The Hall–Kier alpha value is -3.96. The lowest BCUT2D eigenvalue weighted by Crippen LogP contribution is -2.13. The van der Waals surface area contributed by atoms with Gasteiger partial charge in [-0.3, -0.25) is 4.79 Å². The average Bonchev–Trinajstić information content (AvgIpc) is 2.84. The number of halogens is 1. The number of ether oxygens (including phenoxy) is 1. The van der Waals surface area contributed by atoms with Crippen LogP contribution in [0.5, 0.6) is 5.75 Å². The number of fused-ring (bicyclic) bond motifs is 1. The number of nitriles is 1. The number of para-hydroxylation sites is 1. The van der Waals surface area contributed by atoms with Crippen molar-refractivity contribution in [1.82, 2.24) is 0 Å². The maximum absolute atomic E-state index is 13.0. The predicted molar refractivity (Wildman–Crippen MR) is 137 cm³/mol. The lowest BCUT2D eigenvalue weighted by Gasteiger charge is -2.10. The highest BCUT2D eigenvalue weighted by molar-refractivity contribution is 14.1. The van der Waals surface area contributed by atoms with E-state index in [1.165, 1.54) is 6.08 Å². The summed E-state index contributed by atoms with van der Waals surface area (Å²) in [5, 5.41) is 14.0. The second-order valence-electron chi connectivity index (χ2n) is 7.08. The van der Waals surface area contributed by atoms with Gasteiger partial charge in [0.1, 0.15) is 17.4 Å². The normalized spacial score (nSPS) is 11.0. The Kier molecular flexibility index (Phi) is 6.81. The van der Waals surface area contributed by atoms with Gasteiger partial charge in [0, 0.05) is 14.8 Å². The van der Waals surface area contributed by atoms with Crippen molar-refractivity contribution in [3.05, 3.63) is 111 Å². The first-order chi connectivity index (χ1) is 16.0. The van der Waals surface area contributed by atoms with Gasteiger partial charge in [0.25, 0.3) is 5.91 Å². The Morgan fingerprint density at radius 2 is 1.58 bits per heavy atom. The molecule has 0 spiro atoms. The zero-order valence-electron chi connectivity index (χ0n) is 17.3. The summed E-state index contributed by atoms with van der Waals surface area (Å²) >= 11 is 2.17. The quantitative estimate of drug-likeness (QED) is 0.107. The van der Waals surface area contributed by atoms with Gasteiger partial charge in [-0.15, -0.1) is 0 Å². The second-order valence-corrected chi connectivity index (χ2v) is 8.33. The van der Waals surface area contributed by atoms with Gasteiger partial charge in [0.15, 0.2) is 0 Å². The maximum Gasteiger partial charge on any atom is 0.344 e. The molecular formula is C27H17IN2O3. The van der Waals surface area contributed by atoms with E-state index in [9.17, 15) is 14.9 Å². The lowest BCUT2D eigenvalue weighted by atomic mass is 10.0. The summed E-state index contributed by atoms with van der Waals surface area (Å²) in [6.07, 6.45) is 1.41. The van der Waals surface area contributed by atoms with E-state index in [0.29, 0.717) is 16.8 Å². The number of esters is 1. The Balaban J connectivity index is 1.60. The molecular weight excluding hydrogens is 527 g/mol. The number of rotatable bonds is 5. The third-order valence-corrected chi connectivity index (χ3v) is 5.62. The number of carbonyl (C=O) groups excluding carboxylic acids is 2. The molecule has 160 valence electrons. The smallest absolute Gasteiger partial charge is 0.344 e. The largest absolute Gasteiger partial charge is 0.422 e. The minimum atomic E-state index is -0.547. The number of hydrogen-bond acceptors (Lipinski definition) is 4. The molecule has 0 saturated heterocycles. The van der Waals surface area contributed by atoms with Crippen LogP contribution in [0.4, 0.5) is 5.69 Å². The Labute approximate surface area is 204 Å². The van der Waals surface area contributed by atoms with Crippen molar-refractivity contribution in [2.24, 2.45) is 0 Å². The fourth-order valence-electron chi connectivity index (χ4n) is 3.29. The summed E-state index contributed by atoms with van der Waals surface area (Å²) in [6.45, 7) is 0. The molecule has 0 aliphatic heterocycles. The summed E-state index contributed by atoms with van der Waals surface area (Å²) < 4.78 is 6.70. The third kappa shape index (κ3) is 5.27. The summed E-state index contributed by atoms with van der Waals surface area (Å²) in [4.78, 5) is 25.6. The number of amides is 1. The molecule has 4 rings (SSSR count). The number of nitrogens with one attached hydrogen (secondary N) is 1. The molecule has 0 aromatic heterocycles. The number of nitrogens with zero attached hydrogens (tertiary/aromatic N) is 1. The van der Waals surface area contributed by atoms with Gasteiger partial charge in [-0.05, 0) is 75.8 Å². The molecule has 6 heteroatoms. The molecule has 1 amide bonds. The Bertz CT molecular complexity index is 1410. The highest BCUT2D eigenvalue weighted by Crippen LogP contribution is 2.25. The van der Waals surface area contributed by atoms with Crippen LogP contribution in [0.2, 0.25) is 0 Å². The zero-order chi connectivity index (χ0) is 23.2. The topological polar surface area (TPSA) is 79.2 Å². The fraction of sp³-hybridized carbons (Fsp3) is 0. The van der Waals surface area contributed by atoms with E-state index >= 15 is 0 Å². The van der Waals surface area contributed by atoms with E-state index in [-0.39, 0.29) is 11.3 Å². The van der Waals surface area contributed by atoms with Crippen LogP contribution in [0.1, 0.15) is 15.9 Å². The van der Waals surface area contributed by atoms with Crippen LogP contribution < -0.4 is 10.1 Å². The first kappa shape index (κ1) is 22.2. The number of hydrogen-bond donors (Lipinski definition) is 1. The Morgan fingerprint density at radius 3 is 2.36 bits per heavy atom. The second kappa shape index (κ2) is 10.1. The van der Waals surface area contributed by atoms with Crippen molar-refractivity contribution in [1.29, 1.82) is 5.26 Å². The monoisotopic (exact) mass is 544 g/mol. The molecule has 0 heterocycles. The van der Waals surface area contributed by atoms with E-state index in [1.807, 2.05) is 48.5 Å². The highest BCUT2D eigenvalue weighted by Gasteiger charge is 2.16. The van der Waals surface area contributed by atoms with Crippen LogP contribution in [-0.4, -0.2) is 11.9 Å². The van der Waals surface area contributed by atoms with Gasteiger partial charge in [-0.1, -0.05) is 54.6 Å². The standard InChI is InChI=1S/C27H17IN2O3/c28-21-12-14-22(15-13-21)30-26(31)20(17-29)16-19-7-2-4-11-25(19)33-27(32)24-10-5-8-18-6-1-3-9-23(18)24/h1-16H,(H,30,31)/b20-16+. The molecule has 5 nitrogen and oxygen atoms in total. The van der Waals surface area contributed by atoms with Crippen LogP contribution in [0.3, 0.4) is 0 Å². The number of benzene rings is 4. The van der Waals surface area contributed by atoms with Crippen molar-refractivity contribution in [3.63, 3.8) is 0 Å². The minimum Gasteiger partial charge on any atom is -0.422 e. The van der Waals surface area contributed by atoms with Crippen molar-refractivity contribution in [3.8, 4) is 11.8 Å². The summed E-state index contributed by atoms with van der Waals surface area (Å²) in [5.41, 5.74) is 1.35. The summed E-state index contributed by atoms with van der Waals surface area (Å²) in [5.74, 6) is -0.811. The predicted octanol–water partition coefficient (Wildman–Crippen LogP) is 6.21. The van der Waals surface area contributed by atoms with Crippen LogP contribution in [0.25, 0.3) is 16.8 Å². The van der Waals surface area contributed by atoms with Gasteiger partial charge in [0.05, 0.1) is 5.56 Å². The van der Waals surface area contributed by atoms with Crippen molar-refractivity contribution < 1.29 is 14.3 Å². The molecule has 33 heavy (non-hydrogen) atoms. The number of anilines is 1. The van der Waals surface area contributed by atoms with E-state index < -0.39 is 11.9 Å². The molecule has 0 bridgehead atoms. The van der Waals surface area contributed by atoms with Crippen molar-refractivity contribution in [2.45, 2.75) is 0 Å². The number of carbonyl (C=O) groups is 2. The SMILES string of the molecule is N#C/C(=C\c1ccccc1OC(=O)c1cccc2ccccc12)C(=O)Nc1ccc(I)cc1. The van der Waals surface area contributed by atoms with Gasteiger partial charge >= 0.3 is 5.97 Å². The van der Waals surface area contributed by atoms with Gasteiger partial charge in [-0.2, -0.15) is 5.26 Å². The van der Waals surface area contributed by atoms with Crippen LogP contribution in [-0.2, 0) is 4.79 Å². The highest BCUT2D eigenvalue weighted by atomic mass is 127. The molecule has 0 atom stereocenters. The summed E-state index contributed by atoms with van der Waals surface area (Å²) in [6, 6.07) is 28.9. The van der Waals surface area contributed by atoms with Gasteiger partial charge in [-0.25, -0.2) is 4.79 Å². The molecule has 0 fully saturated rings. The van der Waals surface area contributed by atoms with Crippen molar-refractivity contribution in [2.75, 3.05) is 5.32 Å². The van der Waals surface area contributed by atoms with Crippen LogP contribution in [0, 0.1) is 14.9 Å². The van der Waals surface area contributed by atoms with Crippen LogP contribution >= 0.6 is 22.6 Å². The van der Waals surface area contributed by atoms with Gasteiger partial charge < -0.3 is 10.1 Å². The molecule has 0 radical (unpaired) electrons. The first-order valence-electron chi connectivity index (χ1n) is 10.0. The fourth-order valence-corrected chi connectivity index (χ4v) is 3.65. The van der Waals surface area contributed by atoms with Crippen molar-refractivity contribution >= 4 is 57.0 Å². The third-order valence-electron chi connectivity index (χ3n) is 4.90. The van der Waals surface area contributed by atoms with E-state index in [1.54, 1.807) is 48.5 Å². The minimum absolute atomic E-state index is 0.109. The van der Waals surface area contributed by atoms with E-state index in [0.717, 1.165) is 14.3 Å². The maximum atomic E-state index is 13.0. The Morgan fingerprint density at radius 1 is 0.879 bits per heavy atom. The summed E-state index contributed by atoms with van der Waals surface area (Å²) in [7, 11) is 0. The molecule has 0 saturated carbocycles. The van der Waals surface area contributed by atoms with Crippen LogP contribution in [0.15, 0.2) is 96.6 Å². The molecule has 0 unspecified atom stereocenters. The molecule has 4 aromatic carbocycles. The van der Waals surface area contributed by atoms with E-state index in [2.05, 4.69) is 27.9 Å². The molecule has 1 N–H and O–H groups in total. The average molecular weight is 544 g/mol. The molecule has 4 aromatic rings. The first-order valence-corrected chi connectivity index (χ1v) is 11.1.